The summed E-state index contributed by atoms with van der Waals surface area (Å²) >= 11 is 0. The van der Waals surface area contributed by atoms with Crippen molar-refractivity contribution in [1.29, 1.82) is 0 Å². The number of rotatable bonds is 14. The van der Waals surface area contributed by atoms with E-state index >= 15 is 0 Å². The van der Waals surface area contributed by atoms with Gasteiger partial charge in [-0.1, -0.05) is 38.0 Å². The maximum Gasteiger partial charge on any atom is 0.305 e. The smallest absolute Gasteiger partial charge is 0.305 e. The number of carbonyl (C=O) groups excluding carboxylic acids is 3. The van der Waals surface area contributed by atoms with Crippen molar-refractivity contribution in [2.45, 2.75) is 77.6 Å². The number of hydrogen-bond acceptors (Lipinski definition) is 4. The van der Waals surface area contributed by atoms with Crippen molar-refractivity contribution in [3.05, 3.63) is 24.3 Å². The lowest BCUT2D eigenvalue weighted by Gasteiger charge is -2.16. The fourth-order valence-electron chi connectivity index (χ4n) is 3.29. The summed E-state index contributed by atoms with van der Waals surface area (Å²) < 4.78 is 4.61. The van der Waals surface area contributed by atoms with Crippen LogP contribution >= 0.6 is 0 Å². The van der Waals surface area contributed by atoms with Crippen LogP contribution in [0.15, 0.2) is 24.3 Å². The Hall–Kier alpha value is -1.71. The van der Waals surface area contributed by atoms with E-state index < -0.39 is 0 Å². The minimum Gasteiger partial charge on any atom is -0.469 e. The van der Waals surface area contributed by atoms with Crippen LogP contribution in [-0.2, 0) is 19.1 Å². The Kier molecular flexibility index (Phi) is 11.6. The number of Topliss-reactive ketones (excluding diaryl/α,β-unsaturated/α-hetero) is 1. The molecule has 1 unspecified atom stereocenters. The SMILES string of the molecule is CCCCCC(=O)CC[C@H]1C=CC(=O)C1C/C=C\CCCCC(=O)OC. The van der Waals surface area contributed by atoms with Crippen molar-refractivity contribution < 1.29 is 19.1 Å². The van der Waals surface area contributed by atoms with Gasteiger partial charge in [0.25, 0.3) is 0 Å². The molecule has 0 spiro atoms. The van der Waals surface area contributed by atoms with Crippen LogP contribution in [0, 0.1) is 11.8 Å². The second kappa shape index (κ2) is 13.5. The molecule has 0 fully saturated rings. The molecule has 1 aliphatic carbocycles. The molecule has 2 atom stereocenters. The molecule has 0 N–H and O–H groups in total. The van der Waals surface area contributed by atoms with E-state index in [2.05, 4.69) is 23.8 Å². The number of ketones is 2. The van der Waals surface area contributed by atoms with E-state index in [4.69, 9.17) is 0 Å². The van der Waals surface area contributed by atoms with Crippen LogP contribution in [0.4, 0.5) is 0 Å². The van der Waals surface area contributed by atoms with Gasteiger partial charge in [0.1, 0.15) is 5.78 Å². The third-order valence-electron chi connectivity index (χ3n) is 4.99. The van der Waals surface area contributed by atoms with Crippen LogP contribution in [0.2, 0.25) is 0 Å². The first kappa shape index (κ1) is 22.3. The number of unbranched alkanes of at least 4 members (excludes halogenated alkanes) is 4. The summed E-state index contributed by atoms with van der Waals surface area (Å²) in [7, 11) is 1.41. The molecular formula is C22H34O4. The molecule has 0 bridgehead atoms. The highest BCUT2D eigenvalue weighted by Gasteiger charge is 2.28. The average molecular weight is 363 g/mol. The van der Waals surface area contributed by atoms with Crippen molar-refractivity contribution in [2.75, 3.05) is 7.11 Å². The molecule has 0 radical (unpaired) electrons. The first-order valence-corrected chi connectivity index (χ1v) is 10.0. The Balaban J connectivity index is 2.24. The van der Waals surface area contributed by atoms with Gasteiger partial charge in [-0.05, 0) is 50.5 Å². The predicted molar refractivity (Wildman–Crippen MR) is 104 cm³/mol. The largest absolute Gasteiger partial charge is 0.469 e. The van der Waals surface area contributed by atoms with E-state index in [1.54, 1.807) is 6.08 Å². The zero-order valence-corrected chi connectivity index (χ0v) is 16.4. The van der Waals surface area contributed by atoms with Gasteiger partial charge in [-0.15, -0.1) is 0 Å². The van der Waals surface area contributed by atoms with E-state index in [1.165, 1.54) is 7.11 Å². The Morgan fingerprint density at radius 2 is 1.85 bits per heavy atom. The second-order valence-corrected chi connectivity index (χ2v) is 7.10. The maximum absolute atomic E-state index is 12.1. The molecule has 1 aliphatic rings. The fourth-order valence-corrected chi connectivity index (χ4v) is 3.29. The highest BCUT2D eigenvalue weighted by atomic mass is 16.5. The summed E-state index contributed by atoms with van der Waals surface area (Å²) in [5.41, 5.74) is 0. The lowest BCUT2D eigenvalue weighted by molar-refractivity contribution is -0.140. The van der Waals surface area contributed by atoms with Gasteiger partial charge in [-0.25, -0.2) is 0 Å². The lowest BCUT2D eigenvalue weighted by Crippen LogP contribution is -2.16. The third-order valence-corrected chi connectivity index (χ3v) is 4.99. The monoisotopic (exact) mass is 362 g/mol. The molecule has 0 aliphatic heterocycles. The van der Waals surface area contributed by atoms with E-state index in [-0.39, 0.29) is 23.6 Å². The topological polar surface area (TPSA) is 60.4 Å². The van der Waals surface area contributed by atoms with Crippen LogP contribution in [0.25, 0.3) is 0 Å². The van der Waals surface area contributed by atoms with Crippen molar-refractivity contribution in [3.8, 4) is 0 Å². The minimum atomic E-state index is -0.163. The number of ether oxygens (including phenoxy) is 1. The molecule has 146 valence electrons. The van der Waals surface area contributed by atoms with Gasteiger partial charge in [0.05, 0.1) is 7.11 Å². The van der Waals surface area contributed by atoms with E-state index in [0.29, 0.717) is 25.0 Å². The number of hydrogen-bond donors (Lipinski definition) is 0. The van der Waals surface area contributed by atoms with Crippen molar-refractivity contribution in [2.24, 2.45) is 11.8 Å². The number of esters is 1. The van der Waals surface area contributed by atoms with E-state index in [0.717, 1.165) is 51.4 Å². The number of allylic oxidation sites excluding steroid dienone is 4. The summed E-state index contributed by atoms with van der Waals surface area (Å²) in [6.45, 7) is 2.14. The van der Waals surface area contributed by atoms with Gasteiger partial charge in [-0.3, -0.25) is 14.4 Å². The molecular weight excluding hydrogens is 328 g/mol. The molecule has 0 aromatic rings. The van der Waals surface area contributed by atoms with Crippen LogP contribution < -0.4 is 0 Å². The average Bonchev–Trinajstić information content (AvgIpc) is 2.99. The highest BCUT2D eigenvalue weighted by molar-refractivity contribution is 5.94. The predicted octanol–water partition coefficient (Wildman–Crippen LogP) is 4.97. The van der Waals surface area contributed by atoms with Crippen LogP contribution in [-0.4, -0.2) is 24.6 Å². The standard InChI is InChI=1S/C22H34O4/c1-3-4-8-11-19(23)16-14-18-15-17-21(24)20(18)12-9-6-5-7-10-13-22(25)26-2/h6,9,15,17-18,20H,3-5,7-8,10-14,16H2,1-2H3/b9-6-/t18-,20?/m0/s1. The first-order valence-electron chi connectivity index (χ1n) is 10.0. The third kappa shape index (κ3) is 9.12. The van der Waals surface area contributed by atoms with Gasteiger partial charge in [0.2, 0.25) is 0 Å². The van der Waals surface area contributed by atoms with E-state index in [1.807, 2.05) is 6.08 Å². The van der Waals surface area contributed by atoms with Gasteiger partial charge in [0.15, 0.2) is 5.78 Å². The number of methoxy groups -OCH3 is 1. The molecule has 0 saturated carbocycles. The van der Waals surface area contributed by atoms with Crippen molar-refractivity contribution >= 4 is 17.5 Å². The van der Waals surface area contributed by atoms with Gasteiger partial charge >= 0.3 is 5.97 Å². The summed E-state index contributed by atoms with van der Waals surface area (Å²) in [6.07, 6.45) is 17.0. The zero-order chi connectivity index (χ0) is 19.2. The molecule has 0 heterocycles. The Morgan fingerprint density at radius 3 is 2.58 bits per heavy atom. The second-order valence-electron chi connectivity index (χ2n) is 7.10. The first-order chi connectivity index (χ1) is 12.6. The molecule has 0 aromatic heterocycles. The Bertz CT molecular complexity index is 504. The summed E-state index contributed by atoms with van der Waals surface area (Å²) in [5, 5.41) is 0. The molecule has 0 saturated heterocycles. The quantitative estimate of drug-likeness (QED) is 0.249. The number of carbonyl (C=O) groups is 3. The van der Waals surface area contributed by atoms with Gasteiger partial charge < -0.3 is 4.74 Å². The molecule has 26 heavy (non-hydrogen) atoms. The Labute approximate surface area is 158 Å². The fraction of sp³-hybridized carbons (Fsp3) is 0.682. The normalized spacial score (nSPS) is 19.4. The lowest BCUT2D eigenvalue weighted by atomic mass is 9.87. The molecule has 1 rings (SSSR count). The minimum absolute atomic E-state index is 0.00948. The van der Waals surface area contributed by atoms with Crippen LogP contribution in [0.5, 0.6) is 0 Å². The highest BCUT2D eigenvalue weighted by Crippen LogP contribution is 2.30. The van der Waals surface area contributed by atoms with E-state index in [9.17, 15) is 14.4 Å². The molecule has 0 aromatic carbocycles. The van der Waals surface area contributed by atoms with Crippen molar-refractivity contribution in [3.63, 3.8) is 0 Å². The van der Waals surface area contributed by atoms with Gasteiger partial charge in [-0.2, -0.15) is 0 Å². The molecule has 4 heteroatoms. The zero-order valence-electron chi connectivity index (χ0n) is 16.4. The summed E-state index contributed by atoms with van der Waals surface area (Å²) in [5.74, 6) is 0.532. The summed E-state index contributed by atoms with van der Waals surface area (Å²) in [4.78, 5) is 35.0. The van der Waals surface area contributed by atoms with Gasteiger partial charge in [0, 0.05) is 25.2 Å². The molecule has 4 nitrogen and oxygen atoms in total. The molecule has 0 amide bonds. The summed E-state index contributed by atoms with van der Waals surface area (Å²) in [6, 6.07) is 0. The van der Waals surface area contributed by atoms with Crippen LogP contribution in [0.1, 0.15) is 77.6 Å². The van der Waals surface area contributed by atoms with Crippen LogP contribution in [0.3, 0.4) is 0 Å². The van der Waals surface area contributed by atoms with Crippen molar-refractivity contribution in [1.82, 2.24) is 0 Å². The Morgan fingerprint density at radius 1 is 1.08 bits per heavy atom. The maximum atomic E-state index is 12.1.